The van der Waals surface area contributed by atoms with Crippen LogP contribution in [0.2, 0.25) is 0 Å². The molecule has 0 aromatic heterocycles. The second kappa shape index (κ2) is 57.4. The van der Waals surface area contributed by atoms with Crippen molar-refractivity contribution < 1.29 is 32.8 Å². The Labute approximate surface area is 424 Å². The summed E-state index contributed by atoms with van der Waals surface area (Å²) in [7, 11) is -4.28. The van der Waals surface area contributed by atoms with E-state index in [0.29, 0.717) is 13.0 Å². The van der Waals surface area contributed by atoms with E-state index in [-0.39, 0.29) is 32.3 Å². The molecule has 2 atom stereocenters. The molecule has 0 aromatic rings. The summed E-state index contributed by atoms with van der Waals surface area (Å²) in [4.78, 5) is 22.7. The van der Waals surface area contributed by atoms with Crippen molar-refractivity contribution in [3.63, 3.8) is 0 Å². The first-order valence-corrected chi connectivity index (χ1v) is 32.0. The van der Waals surface area contributed by atoms with Crippen LogP contribution in [0.1, 0.15) is 335 Å². The first kappa shape index (κ1) is 67.5. The van der Waals surface area contributed by atoms with Crippen LogP contribution in [0.5, 0.6) is 0 Å². The monoisotopic (exact) mass is 986 g/mol. The van der Waals surface area contributed by atoms with Crippen molar-refractivity contribution in [2.24, 2.45) is 5.73 Å². The average molecular weight is 987 g/mol. The molecule has 0 fully saturated rings. The van der Waals surface area contributed by atoms with Gasteiger partial charge in [0.1, 0.15) is 6.10 Å². The highest BCUT2D eigenvalue weighted by molar-refractivity contribution is 7.47. The molecule has 0 heterocycles. The van der Waals surface area contributed by atoms with Crippen molar-refractivity contribution in [2.75, 3.05) is 33.0 Å². The Balaban J connectivity index is 3.78. The Bertz CT molecular complexity index is 1020. The highest BCUT2D eigenvalue weighted by Gasteiger charge is 2.25. The molecule has 408 valence electrons. The molecule has 0 aliphatic rings. The van der Waals surface area contributed by atoms with E-state index in [1.165, 1.54) is 283 Å². The van der Waals surface area contributed by atoms with E-state index < -0.39 is 13.9 Å². The molecule has 8 nitrogen and oxygen atoms in total. The van der Waals surface area contributed by atoms with Gasteiger partial charge in [-0.05, 0) is 12.8 Å². The number of ether oxygens (including phenoxy) is 2. The normalized spacial score (nSPS) is 13.1. The van der Waals surface area contributed by atoms with E-state index in [2.05, 4.69) is 13.8 Å². The van der Waals surface area contributed by atoms with Gasteiger partial charge in [-0.2, -0.15) is 0 Å². The van der Waals surface area contributed by atoms with E-state index in [1.807, 2.05) is 0 Å². The van der Waals surface area contributed by atoms with Crippen LogP contribution in [0.3, 0.4) is 0 Å². The first-order chi connectivity index (χ1) is 33.4. The maximum atomic E-state index is 12.7. The van der Waals surface area contributed by atoms with Crippen LogP contribution in [-0.2, 0) is 27.9 Å². The third kappa shape index (κ3) is 56.4. The summed E-state index contributed by atoms with van der Waals surface area (Å²) in [6, 6.07) is 0. The third-order valence-corrected chi connectivity index (χ3v) is 15.0. The van der Waals surface area contributed by atoms with Crippen molar-refractivity contribution in [3.05, 3.63) is 0 Å². The summed E-state index contributed by atoms with van der Waals surface area (Å²) < 4.78 is 33.7. The lowest BCUT2D eigenvalue weighted by atomic mass is 10.0. The number of hydrogen-bond acceptors (Lipinski definition) is 7. The second-order valence-electron chi connectivity index (χ2n) is 20.9. The van der Waals surface area contributed by atoms with Crippen LogP contribution < -0.4 is 5.73 Å². The fraction of sp³-hybridized carbons (Fsp3) is 0.983. The Kier molecular flexibility index (Phi) is 57.0. The predicted molar refractivity (Wildman–Crippen MR) is 294 cm³/mol. The number of carbonyl (C=O) groups is 1. The number of unbranched alkanes of at least 4 members (excludes halogenated alkanes) is 47. The summed E-state index contributed by atoms with van der Waals surface area (Å²) in [5.74, 6) is -0.318. The van der Waals surface area contributed by atoms with Crippen LogP contribution in [0.25, 0.3) is 0 Å². The number of phosphoric acid groups is 1. The summed E-state index contributed by atoms with van der Waals surface area (Å²) in [5.41, 5.74) is 5.41. The molecule has 0 rings (SSSR count). The molecule has 0 saturated carbocycles. The molecule has 0 aliphatic heterocycles. The molecule has 0 aliphatic carbocycles. The van der Waals surface area contributed by atoms with Crippen LogP contribution in [0.4, 0.5) is 0 Å². The topological polar surface area (TPSA) is 117 Å². The lowest BCUT2D eigenvalue weighted by molar-refractivity contribution is -0.154. The number of phosphoric ester groups is 1. The largest absolute Gasteiger partial charge is 0.472 e. The van der Waals surface area contributed by atoms with Crippen molar-refractivity contribution in [2.45, 2.75) is 341 Å². The zero-order chi connectivity index (χ0) is 49.4. The van der Waals surface area contributed by atoms with Gasteiger partial charge >= 0.3 is 13.8 Å². The molecule has 0 amide bonds. The molecule has 0 aromatic carbocycles. The fourth-order valence-electron chi connectivity index (χ4n) is 9.53. The number of nitrogens with two attached hydrogens (primary N) is 1. The van der Waals surface area contributed by atoms with E-state index in [4.69, 9.17) is 24.3 Å². The van der Waals surface area contributed by atoms with Crippen molar-refractivity contribution in [3.8, 4) is 0 Å². The lowest BCUT2D eigenvalue weighted by Gasteiger charge is -2.20. The van der Waals surface area contributed by atoms with E-state index in [0.717, 1.165) is 32.1 Å². The fourth-order valence-corrected chi connectivity index (χ4v) is 10.3. The van der Waals surface area contributed by atoms with Crippen molar-refractivity contribution in [1.82, 2.24) is 0 Å². The van der Waals surface area contributed by atoms with Gasteiger partial charge in [-0.3, -0.25) is 13.8 Å². The molecule has 3 N–H and O–H groups in total. The summed E-state index contributed by atoms with van der Waals surface area (Å²) in [5, 5.41) is 0. The maximum Gasteiger partial charge on any atom is 0.472 e. The number of hydrogen-bond donors (Lipinski definition) is 2. The second-order valence-corrected chi connectivity index (χ2v) is 22.4. The Morgan fingerprint density at radius 2 is 0.647 bits per heavy atom. The molecule has 68 heavy (non-hydrogen) atoms. The van der Waals surface area contributed by atoms with Gasteiger partial charge in [-0.25, -0.2) is 4.57 Å². The molecule has 0 radical (unpaired) electrons. The number of rotatable bonds is 60. The molecular formula is C59H120NO7P. The zero-order valence-electron chi connectivity index (χ0n) is 45.9. The highest BCUT2D eigenvalue weighted by Crippen LogP contribution is 2.43. The molecule has 0 spiro atoms. The average Bonchev–Trinajstić information content (AvgIpc) is 3.33. The Morgan fingerprint density at radius 1 is 0.382 bits per heavy atom. The minimum absolute atomic E-state index is 0.0894. The standard InChI is InChI=1S/C59H120NO7P/c1-3-5-7-9-11-13-15-17-19-21-23-25-27-29-30-32-34-36-38-40-42-44-46-48-50-52-59(61)67-58(57-66-68(62,63)65-55-53-60)56-64-54-51-49-47-45-43-41-39-37-35-33-31-28-26-24-22-20-18-16-14-12-10-8-6-4-2/h58H,3-57,60H2,1-2H3,(H,62,63). The summed E-state index contributed by atoms with van der Waals surface area (Å²) in [6.45, 7) is 5.03. The zero-order valence-corrected chi connectivity index (χ0v) is 46.8. The summed E-state index contributed by atoms with van der Waals surface area (Å²) >= 11 is 0. The predicted octanol–water partition coefficient (Wildman–Crippen LogP) is 19.6. The molecular weight excluding hydrogens is 866 g/mol. The SMILES string of the molecule is CCCCCCCCCCCCCCCCCCCCCCCCCCCC(=O)OC(COCCCCCCCCCCCCCCCCCCCCCCCCCC)COP(=O)(O)OCCN. The van der Waals surface area contributed by atoms with Gasteiger partial charge in [0, 0.05) is 19.6 Å². The third-order valence-electron chi connectivity index (χ3n) is 14.0. The van der Waals surface area contributed by atoms with E-state index in [9.17, 15) is 14.3 Å². The van der Waals surface area contributed by atoms with Crippen molar-refractivity contribution >= 4 is 13.8 Å². The molecule has 0 bridgehead atoms. The van der Waals surface area contributed by atoms with E-state index in [1.54, 1.807) is 0 Å². The lowest BCUT2D eigenvalue weighted by Crippen LogP contribution is -2.28. The minimum Gasteiger partial charge on any atom is -0.457 e. The Morgan fingerprint density at radius 3 is 0.926 bits per heavy atom. The van der Waals surface area contributed by atoms with Gasteiger partial charge in [0.2, 0.25) is 0 Å². The first-order valence-electron chi connectivity index (χ1n) is 30.5. The van der Waals surface area contributed by atoms with Gasteiger partial charge in [0.25, 0.3) is 0 Å². The van der Waals surface area contributed by atoms with Gasteiger partial charge in [0.15, 0.2) is 0 Å². The number of esters is 1. The van der Waals surface area contributed by atoms with E-state index >= 15 is 0 Å². The quantitative estimate of drug-likeness (QED) is 0.0352. The van der Waals surface area contributed by atoms with Gasteiger partial charge in [-0.1, -0.05) is 316 Å². The van der Waals surface area contributed by atoms with Gasteiger partial charge < -0.3 is 20.1 Å². The van der Waals surface area contributed by atoms with Crippen molar-refractivity contribution in [1.29, 1.82) is 0 Å². The van der Waals surface area contributed by atoms with Gasteiger partial charge in [-0.15, -0.1) is 0 Å². The molecule has 2 unspecified atom stereocenters. The van der Waals surface area contributed by atoms with Gasteiger partial charge in [0.05, 0.1) is 19.8 Å². The number of carbonyl (C=O) groups excluding carboxylic acids is 1. The smallest absolute Gasteiger partial charge is 0.457 e. The minimum atomic E-state index is -4.28. The summed E-state index contributed by atoms with van der Waals surface area (Å²) in [6.07, 6.45) is 66.0. The Hall–Kier alpha value is -0.500. The van der Waals surface area contributed by atoms with Crippen LogP contribution in [0.15, 0.2) is 0 Å². The van der Waals surface area contributed by atoms with Crippen LogP contribution >= 0.6 is 7.82 Å². The maximum absolute atomic E-state index is 12.7. The van der Waals surface area contributed by atoms with Crippen LogP contribution in [-0.4, -0.2) is 49.9 Å². The molecule has 9 heteroatoms. The molecule has 0 saturated heterocycles. The highest BCUT2D eigenvalue weighted by atomic mass is 31.2. The van der Waals surface area contributed by atoms with Crippen LogP contribution in [0, 0.1) is 0 Å².